The third-order valence-corrected chi connectivity index (χ3v) is 4.13. The van der Waals surface area contributed by atoms with E-state index in [1.165, 1.54) is 0 Å². The summed E-state index contributed by atoms with van der Waals surface area (Å²) in [5.41, 5.74) is 5.78. The van der Waals surface area contributed by atoms with Crippen LogP contribution in [0.15, 0.2) is 12.3 Å². The maximum Gasteiger partial charge on any atom is 0.257 e. The highest BCUT2D eigenvalue weighted by Crippen LogP contribution is 2.30. The molecule has 0 atom stereocenters. The smallest absolute Gasteiger partial charge is 0.257 e. The van der Waals surface area contributed by atoms with Gasteiger partial charge in [0.15, 0.2) is 0 Å². The molecule has 1 aliphatic rings. The topological polar surface area (TPSA) is 59.2 Å². The number of carbonyl (C=O) groups is 1. The molecule has 0 aliphatic carbocycles. The van der Waals surface area contributed by atoms with E-state index in [9.17, 15) is 9.18 Å². The van der Waals surface area contributed by atoms with Crippen molar-refractivity contribution in [3.63, 3.8) is 0 Å². The van der Waals surface area contributed by atoms with Crippen molar-refractivity contribution in [1.82, 2.24) is 9.88 Å². The second kappa shape index (κ2) is 4.76. The summed E-state index contributed by atoms with van der Waals surface area (Å²) in [5, 5.41) is 0. The van der Waals surface area contributed by atoms with Crippen LogP contribution in [-0.2, 0) is 0 Å². The Morgan fingerprint density at radius 2 is 2.33 bits per heavy atom. The molecule has 1 fully saturated rings. The van der Waals surface area contributed by atoms with Gasteiger partial charge in [-0.3, -0.25) is 4.79 Å². The van der Waals surface area contributed by atoms with Crippen molar-refractivity contribution >= 4 is 23.5 Å². The third-order valence-electron chi connectivity index (χ3n) is 2.83. The SMILES string of the molecule is CC1(C)CN(C(=O)c2cc(F)cnc2N)CCS1. The number of halogens is 1. The number of aromatic nitrogens is 1. The number of anilines is 1. The van der Waals surface area contributed by atoms with Crippen LogP contribution in [0.2, 0.25) is 0 Å². The van der Waals surface area contributed by atoms with Crippen LogP contribution in [0.25, 0.3) is 0 Å². The van der Waals surface area contributed by atoms with E-state index in [4.69, 9.17) is 5.73 Å². The van der Waals surface area contributed by atoms with Crippen LogP contribution in [0, 0.1) is 5.82 Å². The van der Waals surface area contributed by atoms with Gasteiger partial charge in [0.1, 0.15) is 11.6 Å². The van der Waals surface area contributed by atoms with Crippen molar-refractivity contribution in [3.05, 3.63) is 23.6 Å². The molecule has 18 heavy (non-hydrogen) atoms. The number of hydrogen-bond donors (Lipinski definition) is 1. The number of thioether (sulfide) groups is 1. The minimum Gasteiger partial charge on any atom is -0.383 e. The number of pyridine rings is 1. The van der Waals surface area contributed by atoms with Gasteiger partial charge in [0, 0.05) is 23.6 Å². The molecule has 1 saturated heterocycles. The zero-order chi connectivity index (χ0) is 13.3. The van der Waals surface area contributed by atoms with E-state index < -0.39 is 5.82 Å². The van der Waals surface area contributed by atoms with Crippen molar-refractivity contribution in [3.8, 4) is 0 Å². The lowest BCUT2D eigenvalue weighted by Gasteiger charge is -2.37. The first kappa shape index (κ1) is 13.1. The Labute approximate surface area is 110 Å². The molecule has 2 N–H and O–H groups in total. The summed E-state index contributed by atoms with van der Waals surface area (Å²) in [6, 6.07) is 1.15. The molecule has 0 saturated carbocycles. The highest BCUT2D eigenvalue weighted by atomic mass is 32.2. The van der Waals surface area contributed by atoms with Crippen molar-refractivity contribution in [1.29, 1.82) is 0 Å². The maximum atomic E-state index is 13.1. The quantitative estimate of drug-likeness (QED) is 0.844. The molecule has 0 unspecified atom stereocenters. The second-order valence-electron chi connectivity index (χ2n) is 4.92. The molecule has 2 rings (SSSR count). The number of amides is 1. The van der Waals surface area contributed by atoms with Crippen molar-refractivity contribution in [2.75, 3.05) is 24.6 Å². The molecule has 2 heterocycles. The predicted octanol–water partition coefficient (Wildman–Crippen LogP) is 1.77. The fraction of sp³-hybridized carbons (Fsp3) is 0.500. The summed E-state index contributed by atoms with van der Waals surface area (Å²) in [7, 11) is 0. The fourth-order valence-electron chi connectivity index (χ4n) is 1.98. The van der Waals surface area contributed by atoms with Crippen molar-refractivity contribution < 1.29 is 9.18 Å². The largest absolute Gasteiger partial charge is 0.383 e. The number of rotatable bonds is 1. The monoisotopic (exact) mass is 269 g/mol. The van der Waals surface area contributed by atoms with Crippen LogP contribution in [-0.4, -0.2) is 39.4 Å². The number of carbonyl (C=O) groups excluding carboxylic acids is 1. The number of hydrogen-bond acceptors (Lipinski definition) is 4. The summed E-state index contributed by atoms with van der Waals surface area (Å²) in [4.78, 5) is 17.7. The minimum absolute atomic E-state index is 0.0173. The highest BCUT2D eigenvalue weighted by Gasteiger charge is 2.31. The summed E-state index contributed by atoms with van der Waals surface area (Å²) in [5.74, 6) is 0.171. The first-order valence-electron chi connectivity index (χ1n) is 5.73. The van der Waals surface area contributed by atoms with E-state index in [0.29, 0.717) is 13.1 Å². The number of nitrogens with two attached hydrogens (primary N) is 1. The van der Waals surface area contributed by atoms with E-state index in [-0.39, 0.29) is 22.0 Å². The molecule has 4 nitrogen and oxygen atoms in total. The summed E-state index contributed by atoms with van der Waals surface area (Å²) >= 11 is 1.83. The van der Waals surface area contributed by atoms with Gasteiger partial charge < -0.3 is 10.6 Å². The summed E-state index contributed by atoms with van der Waals surface area (Å²) < 4.78 is 13.2. The standard InChI is InChI=1S/C12H16FN3OS/c1-12(2)7-16(3-4-18-12)11(17)9-5-8(13)6-15-10(9)14/h5-6H,3-4,7H2,1-2H3,(H2,14,15). The summed E-state index contributed by atoms with van der Waals surface area (Å²) in [6.07, 6.45) is 1.02. The van der Waals surface area contributed by atoms with Gasteiger partial charge in [0.25, 0.3) is 5.91 Å². The Balaban J connectivity index is 2.23. The average molecular weight is 269 g/mol. The van der Waals surface area contributed by atoms with E-state index in [0.717, 1.165) is 18.0 Å². The molecule has 0 aromatic carbocycles. The second-order valence-corrected chi connectivity index (χ2v) is 6.72. The molecule has 1 amide bonds. The van der Waals surface area contributed by atoms with Gasteiger partial charge in [-0.25, -0.2) is 9.37 Å². The molecular weight excluding hydrogens is 253 g/mol. The maximum absolute atomic E-state index is 13.1. The summed E-state index contributed by atoms with van der Waals surface area (Å²) in [6.45, 7) is 5.46. The molecule has 1 aliphatic heterocycles. The zero-order valence-corrected chi connectivity index (χ0v) is 11.3. The highest BCUT2D eigenvalue weighted by molar-refractivity contribution is 8.00. The molecule has 98 valence electrons. The normalized spacial score (nSPS) is 18.7. The van der Waals surface area contributed by atoms with Crippen LogP contribution in [0.5, 0.6) is 0 Å². The first-order valence-corrected chi connectivity index (χ1v) is 6.72. The van der Waals surface area contributed by atoms with Crippen molar-refractivity contribution in [2.45, 2.75) is 18.6 Å². The molecule has 1 aromatic heterocycles. The number of nitrogen functional groups attached to an aromatic ring is 1. The average Bonchev–Trinajstić information content (AvgIpc) is 2.30. The lowest BCUT2D eigenvalue weighted by atomic mass is 10.1. The molecule has 0 spiro atoms. The molecular formula is C12H16FN3OS. The van der Waals surface area contributed by atoms with Gasteiger partial charge in [-0.1, -0.05) is 0 Å². The van der Waals surface area contributed by atoms with Gasteiger partial charge in [-0.15, -0.1) is 0 Å². The zero-order valence-electron chi connectivity index (χ0n) is 10.4. The Kier molecular flexibility index (Phi) is 3.47. The Bertz CT molecular complexity index is 478. The lowest BCUT2D eigenvalue weighted by Crippen LogP contribution is -2.46. The Hall–Kier alpha value is -1.30. The van der Waals surface area contributed by atoms with Crippen LogP contribution < -0.4 is 5.73 Å². The predicted molar refractivity (Wildman–Crippen MR) is 71.0 cm³/mol. The van der Waals surface area contributed by atoms with Gasteiger partial charge in [0.05, 0.1) is 11.8 Å². The fourth-order valence-corrected chi connectivity index (χ4v) is 3.09. The van der Waals surface area contributed by atoms with E-state index in [2.05, 4.69) is 18.8 Å². The van der Waals surface area contributed by atoms with Crippen molar-refractivity contribution in [2.24, 2.45) is 0 Å². The van der Waals surface area contributed by atoms with Crippen LogP contribution in [0.1, 0.15) is 24.2 Å². The minimum atomic E-state index is -0.543. The molecule has 6 heteroatoms. The van der Waals surface area contributed by atoms with Gasteiger partial charge >= 0.3 is 0 Å². The molecule has 0 radical (unpaired) electrons. The third kappa shape index (κ3) is 2.75. The van der Waals surface area contributed by atoms with Gasteiger partial charge in [-0.05, 0) is 19.9 Å². The van der Waals surface area contributed by atoms with E-state index in [1.807, 2.05) is 11.8 Å². The number of nitrogens with zero attached hydrogens (tertiary/aromatic N) is 2. The molecule has 0 bridgehead atoms. The first-order chi connectivity index (χ1) is 8.39. The Morgan fingerprint density at radius 3 is 3.00 bits per heavy atom. The van der Waals surface area contributed by atoms with Gasteiger partial charge in [0.2, 0.25) is 0 Å². The van der Waals surface area contributed by atoms with Gasteiger partial charge in [-0.2, -0.15) is 11.8 Å². The van der Waals surface area contributed by atoms with E-state index in [1.54, 1.807) is 4.90 Å². The Morgan fingerprint density at radius 1 is 1.61 bits per heavy atom. The van der Waals surface area contributed by atoms with Crippen LogP contribution >= 0.6 is 11.8 Å². The van der Waals surface area contributed by atoms with Crippen LogP contribution in [0.3, 0.4) is 0 Å². The molecule has 1 aromatic rings. The van der Waals surface area contributed by atoms with Crippen LogP contribution in [0.4, 0.5) is 10.2 Å². The lowest BCUT2D eigenvalue weighted by molar-refractivity contribution is 0.0748. The van der Waals surface area contributed by atoms with E-state index >= 15 is 0 Å².